The molecule has 0 bridgehead atoms. The first-order valence-electron chi connectivity index (χ1n) is 9.32. The van der Waals surface area contributed by atoms with Crippen molar-refractivity contribution in [2.75, 3.05) is 6.61 Å². The van der Waals surface area contributed by atoms with Crippen molar-refractivity contribution in [2.45, 2.75) is 77.6 Å². The smallest absolute Gasteiger partial charge is 0.432 e. The van der Waals surface area contributed by atoms with E-state index < -0.39 is 7.69 Å². The standard InChI is InChI=1S/C19H30O.BH3O2/c1-2-3-4-5-6-7-8-9-10-11-12-15-20-19-14-13-17-16-18(17)19;2-1-3/h13-14,16H,2-12,15H2,1H3;1-3H. The van der Waals surface area contributed by atoms with E-state index in [1.54, 1.807) is 0 Å². The van der Waals surface area contributed by atoms with Crippen LogP contribution in [-0.2, 0) is 0 Å². The van der Waals surface area contributed by atoms with Gasteiger partial charge in [0.15, 0.2) is 0 Å². The number of ether oxygens (including phenoxy) is 1. The van der Waals surface area contributed by atoms with Gasteiger partial charge in [-0.15, -0.1) is 0 Å². The molecule has 0 unspecified atom stereocenters. The third-order valence-electron chi connectivity index (χ3n) is 4.21. The lowest BCUT2D eigenvalue weighted by Crippen LogP contribution is -1.96. The molecule has 0 aromatic rings. The van der Waals surface area contributed by atoms with Crippen LogP contribution in [-0.4, -0.2) is 24.3 Å². The molecule has 3 nitrogen and oxygen atoms in total. The largest absolute Gasteiger partial charge is 0.493 e. The Labute approximate surface area is 142 Å². The molecule has 0 radical (unpaired) electrons. The molecule has 0 atom stereocenters. The molecular weight excluding hydrogens is 287 g/mol. The van der Waals surface area contributed by atoms with Crippen molar-refractivity contribution in [1.29, 1.82) is 0 Å². The highest BCUT2D eigenvalue weighted by Gasteiger charge is 2.17. The molecule has 2 rings (SSSR count). The van der Waals surface area contributed by atoms with E-state index in [-0.39, 0.29) is 0 Å². The lowest BCUT2D eigenvalue weighted by molar-refractivity contribution is 0.306. The van der Waals surface area contributed by atoms with Gasteiger partial charge in [-0.05, 0) is 24.1 Å². The third-order valence-corrected chi connectivity index (χ3v) is 4.21. The molecule has 0 heterocycles. The van der Waals surface area contributed by atoms with E-state index in [4.69, 9.17) is 14.8 Å². The Morgan fingerprint density at radius 2 is 1.35 bits per heavy atom. The van der Waals surface area contributed by atoms with Gasteiger partial charge in [0, 0.05) is 5.56 Å². The van der Waals surface area contributed by atoms with Crippen LogP contribution in [0, 0.1) is 0 Å². The predicted molar refractivity (Wildman–Crippen MR) is 99.0 cm³/mol. The Hall–Kier alpha value is -0.995. The molecule has 2 aliphatic rings. The quantitative estimate of drug-likeness (QED) is 0.419. The first-order valence-corrected chi connectivity index (χ1v) is 9.32. The second-order valence-electron chi connectivity index (χ2n) is 6.24. The van der Waals surface area contributed by atoms with Crippen LogP contribution in [0.2, 0.25) is 0 Å². The lowest BCUT2D eigenvalue weighted by Gasteiger charge is -2.04. The molecule has 4 heteroatoms. The molecule has 0 aromatic heterocycles. The van der Waals surface area contributed by atoms with Crippen molar-refractivity contribution in [3.05, 3.63) is 18.2 Å². The minimum absolute atomic E-state index is 0.750. The zero-order valence-electron chi connectivity index (χ0n) is 14.7. The summed E-state index contributed by atoms with van der Waals surface area (Å²) in [7, 11) is -0.750. The van der Waals surface area contributed by atoms with E-state index >= 15 is 0 Å². The van der Waals surface area contributed by atoms with Gasteiger partial charge in [0.2, 0.25) is 0 Å². The van der Waals surface area contributed by atoms with Crippen molar-refractivity contribution in [1.82, 2.24) is 0 Å². The van der Waals surface area contributed by atoms with E-state index in [1.165, 1.54) is 81.8 Å². The van der Waals surface area contributed by atoms with E-state index in [9.17, 15) is 0 Å². The van der Waals surface area contributed by atoms with Crippen LogP contribution in [0.3, 0.4) is 0 Å². The van der Waals surface area contributed by atoms with Crippen LogP contribution in [0.1, 0.15) is 77.6 Å². The van der Waals surface area contributed by atoms with Gasteiger partial charge >= 0.3 is 7.69 Å². The highest BCUT2D eigenvalue weighted by molar-refractivity contribution is 6.13. The normalized spacial score (nSPS) is 10.7. The van der Waals surface area contributed by atoms with Gasteiger partial charge in [0.1, 0.15) is 5.75 Å². The van der Waals surface area contributed by atoms with Crippen LogP contribution in [0.15, 0.2) is 18.2 Å². The Morgan fingerprint density at radius 1 is 0.826 bits per heavy atom. The number of rotatable bonds is 13. The van der Waals surface area contributed by atoms with Crippen molar-refractivity contribution in [3.8, 4) is 16.9 Å². The zero-order chi connectivity index (χ0) is 16.8. The second kappa shape index (κ2) is 13.4. The Bertz CT molecular complexity index is 410. The number of benzene rings is 1. The van der Waals surface area contributed by atoms with E-state index in [0.717, 1.165) is 12.4 Å². The summed E-state index contributed by atoms with van der Waals surface area (Å²) in [5, 5.41) is 14.2. The molecule has 2 N–H and O–H groups in total. The fraction of sp³-hybridized carbons (Fsp3) is 0.684. The van der Waals surface area contributed by atoms with Gasteiger partial charge in [0.05, 0.1) is 6.61 Å². The van der Waals surface area contributed by atoms with E-state index in [1.807, 2.05) is 0 Å². The SMILES string of the molecule is CCCCCCCCCCCCCOc1ccc2cc1-2.OBO. The van der Waals surface area contributed by atoms with E-state index in [0.29, 0.717) is 0 Å². The summed E-state index contributed by atoms with van der Waals surface area (Å²) in [6.07, 6.45) is 15.3. The summed E-state index contributed by atoms with van der Waals surface area (Å²) < 4.78 is 5.78. The summed E-state index contributed by atoms with van der Waals surface area (Å²) >= 11 is 0. The molecule has 0 aromatic carbocycles. The van der Waals surface area contributed by atoms with Crippen molar-refractivity contribution in [3.63, 3.8) is 0 Å². The van der Waals surface area contributed by atoms with Crippen molar-refractivity contribution in [2.24, 2.45) is 0 Å². The first-order chi connectivity index (χ1) is 11.3. The summed E-state index contributed by atoms with van der Waals surface area (Å²) in [6.45, 7) is 3.17. The number of unbranched alkanes of at least 4 members (excludes halogenated alkanes) is 10. The summed E-state index contributed by atoms with van der Waals surface area (Å²) in [6, 6.07) is 6.43. The van der Waals surface area contributed by atoms with Crippen LogP contribution < -0.4 is 4.74 Å². The highest BCUT2D eigenvalue weighted by atomic mass is 16.5. The summed E-state index contributed by atoms with van der Waals surface area (Å²) in [5.74, 6) is 1.10. The second-order valence-corrected chi connectivity index (χ2v) is 6.24. The van der Waals surface area contributed by atoms with Gasteiger partial charge in [-0.2, -0.15) is 0 Å². The molecule has 0 spiro atoms. The molecule has 2 aliphatic carbocycles. The molecule has 0 fully saturated rings. The highest BCUT2D eigenvalue weighted by Crippen LogP contribution is 2.43. The van der Waals surface area contributed by atoms with Crippen LogP contribution >= 0.6 is 0 Å². The summed E-state index contributed by atoms with van der Waals surface area (Å²) in [4.78, 5) is 0. The lowest BCUT2D eigenvalue weighted by atomic mass is 10.1. The van der Waals surface area contributed by atoms with Gasteiger partial charge in [0.25, 0.3) is 0 Å². The minimum Gasteiger partial charge on any atom is -0.493 e. The number of hydrogen-bond donors (Lipinski definition) is 2. The minimum atomic E-state index is -0.750. The topological polar surface area (TPSA) is 49.7 Å². The molecule has 23 heavy (non-hydrogen) atoms. The van der Waals surface area contributed by atoms with Crippen LogP contribution in [0.25, 0.3) is 11.1 Å². The van der Waals surface area contributed by atoms with Gasteiger partial charge in [-0.1, -0.05) is 77.2 Å². The Balaban J connectivity index is 0.000000816. The van der Waals surface area contributed by atoms with Crippen LogP contribution in [0.4, 0.5) is 0 Å². The maximum atomic E-state index is 7.12. The molecule has 130 valence electrons. The van der Waals surface area contributed by atoms with Crippen LogP contribution in [0.5, 0.6) is 5.75 Å². The molecular formula is C19H33BO3. The van der Waals surface area contributed by atoms with Crippen molar-refractivity contribution < 1.29 is 14.8 Å². The van der Waals surface area contributed by atoms with Gasteiger partial charge in [-0.25, -0.2) is 0 Å². The van der Waals surface area contributed by atoms with Gasteiger partial charge in [-0.3, -0.25) is 0 Å². The Morgan fingerprint density at radius 3 is 1.78 bits per heavy atom. The zero-order valence-corrected chi connectivity index (χ0v) is 14.7. The molecule has 0 saturated carbocycles. The predicted octanol–water partition coefficient (Wildman–Crippen LogP) is 4.59. The molecule has 0 amide bonds. The monoisotopic (exact) mass is 320 g/mol. The average Bonchev–Trinajstić information content (AvgIpc) is 3.23. The van der Waals surface area contributed by atoms with Gasteiger partial charge < -0.3 is 14.8 Å². The molecule has 0 saturated heterocycles. The summed E-state index contributed by atoms with van der Waals surface area (Å²) in [5.41, 5.74) is 2.71. The molecule has 0 aliphatic heterocycles. The maximum Gasteiger partial charge on any atom is 0.432 e. The number of fused-ring (bicyclic) bond motifs is 1. The number of hydrogen-bond acceptors (Lipinski definition) is 3. The average molecular weight is 320 g/mol. The van der Waals surface area contributed by atoms with Crippen molar-refractivity contribution >= 4 is 7.69 Å². The Kier molecular flexibility index (Phi) is 11.7. The van der Waals surface area contributed by atoms with E-state index in [2.05, 4.69) is 25.1 Å². The third kappa shape index (κ3) is 9.67. The first kappa shape index (κ1) is 20.1. The maximum absolute atomic E-state index is 7.12. The fourth-order valence-corrected chi connectivity index (χ4v) is 2.80. The fourth-order valence-electron chi connectivity index (χ4n) is 2.80.